The molecule has 4 aromatic rings. The van der Waals surface area contributed by atoms with Gasteiger partial charge in [-0.3, -0.25) is 4.79 Å². The number of fused-ring (bicyclic) bond motifs is 3. The molecule has 0 bridgehead atoms. The van der Waals surface area contributed by atoms with Crippen LogP contribution in [0.25, 0.3) is 21.9 Å². The van der Waals surface area contributed by atoms with Gasteiger partial charge in [-0.2, -0.15) is 0 Å². The lowest BCUT2D eigenvalue weighted by Gasteiger charge is -2.13. The van der Waals surface area contributed by atoms with E-state index < -0.39 is 0 Å². The van der Waals surface area contributed by atoms with E-state index in [1.165, 1.54) is 11.8 Å². The number of furan rings is 1. The van der Waals surface area contributed by atoms with Gasteiger partial charge in [0.05, 0.1) is 18.0 Å². The summed E-state index contributed by atoms with van der Waals surface area (Å²) >= 11 is 1.29. The third-order valence-corrected chi connectivity index (χ3v) is 5.14. The van der Waals surface area contributed by atoms with E-state index in [4.69, 9.17) is 9.15 Å². The normalized spacial score (nSPS) is 12.2. The van der Waals surface area contributed by atoms with Crippen LogP contribution in [0.15, 0.2) is 64.4 Å². The molecule has 1 unspecified atom stereocenters. The van der Waals surface area contributed by atoms with Crippen LogP contribution >= 0.6 is 11.8 Å². The largest absolute Gasteiger partial charge is 0.495 e. The smallest absolute Gasteiger partial charge is 0.237 e. The number of rotatable bonds is 5. The molecule has 136 valence electrons. The zero-order valence-electron chi connectivity index (χ0n) is 14.8. The number of hydrogen-bond donors (Lipinski definition) is 1. The van der Waals surface area contributed by atoms with Crippen LogP contribution in [0.1, 0.15) is 6.92 Å². The lowest BCUT2D eigenvalue weighted by molar-refractivity contribution is -0.115. The highest BCUT2D eigenvalue weighted by atomic mass is 32.2. The minimum Gasteiger partial charge on any atom is -0.495 e. The molecular weight excluding hydrogens is 362 g/mol. The van der Waals surface area contributed by atoms with Crippen molar-refractivity contribution in [3.8, 4) is 5.75 Å². The maximum absolute atomic E-state index is 12.6. The highest BCUT2D eigenvalue weighted by Gasteiger charge is 2.19. The minimum absolute atomic E-state index is 0.166. The first-order valence-corrected chi connectivity index (χ1v) is 9.27. The number of methoxy groups -OCH3 is 1. The van der Waals surface area contributed by atoms with Gasteiger partial charge in [0.1, 0.15) is 16.9 Å². The Morgan fingerprint density at radius 1 is 1.11 bits per heavy atom. The van der Waals surface area contributed by atoms with Crippen LogP contribution in [0, 0.1) is 0 Å². The van der Waals surface area contributed by atoms with E-state index in [-0.39, 0.29) is 11.2 Å². The van der Waals surface area contributed by atoms with Gasteiger partial charge in [0.15, 0.2) is 5.16 Å². The van der Waals surface area contributed by atoms with Crippen molar-refractivity contribution in [1.29, 1.82) is 0 Å². The van der Waals surface area contributed by atoms with Gasteiger partial charge >= 0.3 is 0 Å². The van der Waals surface area contributed by atoms with Crippen molar-refractivity contribution in [2.45, 2.75) is 17.3 Å². The van der Waals surface area contributed by atoms with E-state index in [0.29, 0.717) is 22.2 Å². The van der Waals surface area contributed by atoms with Crippen molar-refractivity contribution in [2.24, 2.45) is 0 Å². The molecule has 0 radical (unpaired) electrons. The van der Waals surface area contributed by atoms with Gasteiger partial charge in [0, 0.05) is 29.2 Å². The predicted octanol–water partition coefficient (Wildman–Crippen LogP) is 4.50. The van der Waals surface area contributed by atoms with Gasteiger partial charge in [0.25, 0.3) is 0 Å². The lowest BCUT2D eigenvalue weighted by Crippen LogP contribution is -2.23. The van der Waals surface area contributed by atoms with Crippen molar-refractivity contribution < 1.29 is 13.9 Å². The molecule has 0 aliphatic heterocycles. The van der Waals surface area contributed by atoms with E-state index in [2.05, 4.69) is 15.3 Å². The van der Waals surface area contributed by atoms with E-state index >= 15 is 0 Å². The molecule has 27 heavy (non-hydrogen) atoms. The zero-order chi connectivity index (χ0) is 18.8. The molecule has 4 rings (SSSR count). The number of amides is 1. The highest BCUT2D eigenvalue weighted by molar-refractivity contribution is 8.00. The van der Waals surface area contributed by atoms with Crippen LogP contribution in [0.5, 0.6) is 5.75 Å². The van der Waals surface area contributed by atoms with Crippen LogP contribution < -0.4 is 10.1 Å². The number of aromatic nitrogens is 2. The van der Waals surface area contributed by atoms with E-state index in [1.807, 2.05) is 37.3 Å². The number of nitrogens with one attached hydrogen (secondary N) is 1. The topological polar surface area (TPSA) is 77.2 Å². The Hall–Kier alpha value is -3.06. The summed E-state index contributed by atoms with van der Waals surface area (Å²) in [6, 6.07) is 13.2. The maximum Gasteiger partial charge on any atom is 0.237 e. The average molecular weight is 379 g/mol. The Balaban J connectivity index is 1.62. The van der Waals surface area contributed by atoms with Crippen LogP contribution in [0.4, 0.5) is 5.69 Å². The fourth-order valence-electron chi connectivity index (χ4n) is 2.81. The van der Waals surface area contributed by atoms with Crippen molar-refractivity contribution in [3.05, 3.63) is 54.9 Å². The van der Waals surface area contributed by atoms with Crippen molar-refractivity contribution in [2.75, 3.05) is 12.4 Å². The monoisotopic (exact) mass is 379 g/mol. The molecular formula is C20H17N3O3S. The van der Waals surface area contributed by atoms with Crippen molar-refractivity contribution in [1.82, 2.24) is 9.97 Å². The molecule has 0 fully saturated rings. The first-order valence-electron chi connectivity index (χ1n) is 8.39. The van der Waals surface area contributed by atoms with Gasteiger partial charge in [-0.15, -0.1) is 0 Å². The summed E-state index contributed by atoms with van der Waals surface area (Å²) < 4.78 is 11.4. The number of benzene rings is 2. The summed E-state index contributed by atoms with van der Waals surface area (Å²) in [4.78, 5) is 20.9. The van der Waals surface area contributed by atoms with Crippen LogP contribution in [-0.2, 0) is 4.79 Å². The van der Waals surface area contributed by atoms with Crippen molar-refractivity contribution in [3.63, 3.8) is 0 Å². The molecule has 1 amide bonds. The fourth-order valence-corrected chi connectivity index (χ4v) is 3.54. The molecule has 0 spiro atoms. The molecule has 0 aliphatic rings. The third kappa shape index (κ3) is 3.46. The molecule has 2 heterocycles. The van der Waals surface area contributed by atoms with Gasteiger partial charge in [0.2, 0.25) is 5.91 Å². The Kier molecular flexibility index (Phi) is 4.68. The van der Waals surface area contributed by atoms with Gasteiger partial charge in [-0.05, 0) is 25.1 Å². The first kappa shape index (κ1) is 17.4. The summed E-state index contributed by atoms with van der Waals surface area (Å²) in [6.07, 6.45) is 3.30. The van der Waals surface area contributed by atoms with Gasteiger partial charge in [-0.25, -0.2) is 9.97 Å². The summed E-state index contributed by atoms with van der Waals surface area (Å²) in [5, 5.41) is 5.05. The summed E-state index contributed by atoms with van der Waals surface area (Å²) in [5.41, 5.74) is 2.05. The lowest BCUT2D eigenvalue weighted by atomic mass is 10.1. The molecule has 2 aromatic carbocycles. The molecule has 7 heteroatoms. The molecule has 0 saturated carbocycles. The first-order chi connectivity index (χ1) is 13.2. The third-order valence-electron chi connectivity index (χ3n) is 4.15. The summed E-state index contributed by atoms with van der Waals surface area (Å²) in [7, 11) is 1.58. The Bertz CT molecular complexity index is 1110. The number of para-hydroxylation sites is 1. The van der Waals surface area contributed by atoms with Crippen molar-refractivity contribution >= 4 is 45.3 Å². The SMILES string of the molecule is COc1cc2c(cc1NC(=O)C(C)Sc1ncccn1)oc1ccccc12. The number of nitrogens with zero attached hydrogens (tertiary/aromatic N) is 2. The van der Waals surface area contributed by atoms with E-state index in [9.17, 15) is 4.79 Å². The minimum atomic E-state index is -0.372. The molecule has 0 aliphatic carbocycles. The standard InChI is InChI=1S/C20H17N3O3S/c1-12(27-20-21-8-5-9-22-20)19(24)23-15-11-17-14(10-18(15)25-2)13-6-3-4-7-16(13)26-17/h3-12H,1-2H3,(H,23,24). The molecule has 1 atom stereocenters. The Morgan fingerprint density at radius 3 is 2.67 bits per heavy atom. The average Bonchev–Trinajstić information content (AvgIpc) is 3.05. The van der Waals surface area contributed by atoms with Crippen LogP contribution in [0.3, 0.4) is 0 Å². The summed E-state index contributed by atoms with van der Waals surface area (Å²) in [6.45, 7) is 1.81. The number of hydrogen-bond acceptors (Lipinski definition) is 6. The Labute approximate surface area is 159 Å². The second kappa shape index (κ2) is 7.28. The fraction of sp³-hybridized carbons (Fsp3) is 0.150. The number of carbonyl (C=O) groups is 1. The molecule has 1 N–H and O–H groups in total. The second-order valence-corrected chi connectivity index (χ2v) is 7.24. The zero-order valence-corrected chi connectivity index (χ0v) is 15.6. The van der Waals surface area contributed by atoms with Gasteiger partial charge in [-0.1, -0.05) is 30.0 Å². The van der Waals surface area contributed by atoms with E-state index in [1.54, 1.807) is 31.6 Å². The molecule has 2 aromatic heterocycles. The highest BCUT2D eigenvalue weighted by Crippen LogP contribution is 2.36. The number of thioether (sulfide) groups is 1. The predicted molar refractivity (Wildman–Crippen MR) is 106 cm³/mol. The second-order valence-electron chi connectivity index (χ2n) is 5.93. The van der Waals surface area contributed by atoms with E-state index in [0.717, 1.165) is 16.4 Å². The number of anilines is 1. The van der Waals surface area contributed by atoms with Crippen LogP contribution in [-0.4, -0.2) is 28.2 Å². The molecule has 0 saturated heterocycles. The Morgan fingerprint density at radius 2 is 1.89 bits per heavy atom. The number of carbonyl (C=O) groups excluding carboxylic acids is 1. The maximum atomic E-state index is 12.6. The quantitative estimate of drug-likeness (QED) is 0.406. The summed E-state index contributed by atoms with van der Waals surface area (Å²) in [5.74, 6) is 0.414. The van der Waals surface area contributed by atoms with Gasteiger partial charge < -0.3 is 14.5 Å². The number of ether oxygens (including phenoxy) is 1. The molecule has 6 nitrogen and oxygen atoms in total. The van der Waals surface area contributed by atoms with Crippen LogP contribution in [0.2, 0.25) is 0 Å².